The van der Waals surface area contributed by atoms with E-state index in [1.54, 1.807) is 32.5 Å². The molecule has 2 N–H and O–H groups in total. The molecule has 0 radical (unpaired) electrons. The van der Waals surface area contributed by atoms with E-state index in [1.807, 2.05) is 59.1 Å². The number of rotatable bonds is 12. The number of nitrogens with zero attached hydrogens (tertiary/aromatic N) is 1. The molecule has 0 aliphatic carbocycles. The summed E-state index contributed by atoms with van der Waals surface area (Å²) in [5.41, 5.74) is 0.946. The fraction of sp³-hybridized carbons (Fsp3) is 0.643. The third-order valence-corrected chi connectivity index (χ3v) is 6.70. The Morgan fingerprint density at radius 3 is 2.08 bits per heavy atom. The van der Waals surface area contributed by atoms with Gasteiger partial charge in [-0.25, -0.2) is 4.79 Å². The van der Waals surface area contributed by atoms with Crippen molar-refractivity contribution >= 4 is 35.6 Å². The minimum absolute atomic E-state index is 0.336. The first kappa shape index (κ1) is 33.3. The molecule has 0 saturated heterocycles. The van der Waals surface area contributed by atoms with Gasteiger partial charge in [0.1, 0.15) is 24.2 Å². The lowest BCUT2D eigenvalue weighted by Gasteiger charge is -2.44. The highest BCUT2D eigenvalue weighted by Gasteiger charge is 2.43. The maximum atomic E-state index is 14.3. The van der Waals surface area contributed by atoms with Crippen molar-refractivity contribution in [2.24, 2.45) is 0 Å². The molecule has 0 aromatic heterocycles. The van der Waals surface area contributed by atoms with E-state index < -0.39 is 47.1 Å². The number of ether oxygens (including phenoxy) is 2. The molecule has 214 valence electrons. The standard InChI is InChI=1S/C28H45N3O6S/c1-11-28(7,8)31(25(34)21(12-13-38-10)30-26(35)37-27(4,5)6)23(24(33)29-17-22(32)36-9)20-15-18(2)14-19(3)16-20/h14-16,21,23H,11-13,17H2,1-10H3,(H,29,33)(H,30,35). The Morgan fingerprint density at radius 1 is 1.03 bits per heavy atom. The molecule has 0 heterocycles. The van der Waals surface area contributed by atoms with Gasteiger partial charge in [0.25, 0.3) is 0 Å². The minimum Gasteiger partial charge on any atom is -0.468 e. The lowest BCUT2D eigenvalue weighted by atomic mass is 9.90. The van der Waals surface area contributed by atoms with E-state index >= 15 is 0 Å². The molecular weight excluding hydrogens is 506 g/mol. The van der Waals surface area contributed by atoms with Gasteiger partial charge in [-0.1, -0.05) is 36.2 Å². The van der Waals surface area contributed by atoms with Crippen LogP contribution in [0.1, 0.15) is 77.1 Å². The number of hydrogen-bond acceptors (Lipinski definition) is 7. The normalized spacial score (nSPS) is 13.2. The van der Waals surface area contributed by atoms with Crippen LogP contribution in [0, 0.1) is 13.8 Å². The Balaban J connectivity index is 3.67. The molecule has 0 saturated carbocycles. The van der Waals surface area contributed by atoms with Crippen LogP contribution in [0.15, 0.2) is 18.2 Å². The molecule has 0 aliphatic rings. The summed E-state index contributed by atoms with van der Waals surface area (Å²) in [4.78, 5) is 54.1. The molecule has 2 unspecified atom stereocenters. The first-order valence-corrected chi connectivity index (χ1v) is 14.2. The maximum absolute atomic E-state index is 14.3. The summed E-state index contributed by atoms with van der Waals surface area (Å²) in [7, 11) is 1.24. The Kier molecular flexibility index (Phi) is 12.6. The van der Waals surface area contributed by atoms with E-state index in [1.165, 1.54) is 12.0 Å². The number of alkyl carbamates (subject to hydrolysis) is 1. The second kappa shape index (κ2) is 14.4. The Morgan fingerprint density at radius 2 is 1.61 bits per heavy atom. The highest BCUT2D eigenvalue weighted by molar-refractivity contribution is 7.98. The second-order valence-electron chi connectivity index (χ2n) is 11.0. The zero-order valence-electron chi connectivity index (χ0n) is 24.5. The molecule has 9 nitrogen and oxygen atoms in total. The van der Waals surface area contributed by atoms with E-state index in [9.17, 15) is 19.2 Å². The SMILES string of the molecule is CCC(C)(C)N(C(=O)C(CCSC)NC(=O)OC(C)(C)C)C(C(=O)NCC(=O)OC)c1cc(C)cc(C)c1. The predicted molar refractivity (Wildman–Crippen MR) is 151 cm³/mol. The molecule has 1 aromatic rings. The highest BCUT2D eigenvalue weighted by Crippen LogP contribution is 2.33. The first-order valence-electron chi connectivity index (χ1n) is 12.8. The van der Waals surface area contributed by atoms with E-state index in [0.29, 0.717) is 24.2 Å². The quantitative estimate of drug-likeness (QED) is 0.372. The molecule has 38 heavy (non-hydrogen) atoms. The van der Waals surface area contributed by atoms with Crippen molar-refractivity contribution < 1.29 is 28.7 Å². The van der Waals surface area contributed by atoms with Crippen LogP contribution in [0.5, 0.6) is 0 Å². The van der Waals surface area contributed by atoms with Gasteiger partial charge in [-0.3, -0.25) is 14.4 Å². The van der Waals surface area contributed by atoms with Gasteiger partial charge in [0.15, 0.2) is 0 Å². The molecular formula is C28H45N3O6S. The van der Waals surface area contributed by atoms with Crippen LogP contribution in [0.2, 0.25) is 0 Å². The van der Waals surface area contributed by atoms with Crippen molar-refractivity contribution in [2.75, 3.05) is 25.7 Å². The number of benzene rings is 1. The molecule has 2 atom stereocenters. The summed E-state index contributed by atoms with van der Waals surface area (Å²) < 4.78 is 10.1. The zero-order chi connectivity index (χ0) is 29.3. The van der Waals surface area contributed by atoms with Gasteiger partial charge in [-0.05, 0) is 78.9 Å². The van der Waals surface area contributed by atoms with Gasteiger partial charge in [0.2, 0.25) is 11.8 Å². The summed E-state index contributed by atoms with van der Waals surface area (Å²) in [6, 6.07) is 3.72. The van der Waals surface area contributed by atoms with Crippen LogP contribution in [-0.2, 0) is 23.9 Å². The third kappa shape index (κ3) is 10.2. The molecule has 10 heteroatoms. The molecule has 1 aromatic carbocycles. The summed E-state index contributed by atoms with van der Waals surface area (Å²) in [5.74, 6) is -0.921. The fourth-order valence-corrected chi connectivity index (χ4v) is 4.44. The number of carbonyl (C=O) groups is 4. The summed E-state index contributed by atoms with van der Waals surface area (Å²) in [6.45, 7) is 14.4. The number of carbonyl (C=O) groups excluding carboxylic acids is 4. The number of thioether (sulfide) groups is 1. The van der Waals surface area contributed by atoms with Crippen LogP contribution >= 0.6 is 11.8 Å². The van der Waals surface area contributed by atoms with Crippen LogP contribution in [0.3, 0.4) is 0 Å². The Hall–Kier alpha value is -2.75. The molecule has 1 rings (SSSR count). The van der Waals surface area contributed by atoms with Gasteiger partial charge in [0, 0.05) is 5.54 Å². The topological polar surface area (TPSA) is 114 Å². The number of amides is 3. The van der Waals surface area contributed by atoms with Gasteiger partial charge in [0.05, 0.1) is 7.11 Å². The first-order chi connectivity index (χ1) is 17.6. The zero-order valence-corrected chi connectivity index (χ0v) is 25.3. The Bertz CT molecular complexity index is 969. The smallest absolute Gasteiger partial charge is 0.408 e. The van der Waals surface area contributed by atoms with E-state index in [-0.39, 0.29) is 6.54 Å². The van der Waals surface area contributed by atoms with E-state index in [2.05, 4.69) is 15.4 Å². The number of methoxy groups -OCH3 is 1. The van der Waals surface area contributed by atoms with Crippen LogP contribution in [0.4, 0.5) is 4.79 Å². The largest absolute Gasteiger partial charge is 0.468 e. The van der Waals surface area contributed by atoms with Crippen molar-refractivity contribution in [1.29, 1.82) is 0 Å². The van der Waals surface area contributed by atoms with Crippen LogP contribution in [0.25, 0.3) is 0 Å². The molecule has 0 bridgehead atoms. The predicted octanol–water partition coefficient (Wildman–Crippen LogP) is 4.30. The van der Waals surface area contributed by atoms with E-state index in [0.717, 1.165) is 11.1 Å². The molecule has 3 amide bonds. The average molecular weight is 552 g/mol. The maximum Gasteiger partial charge on any atom is 0.408 e. The Labute approximate surface area is 231 Å². The number of aryl methyl sites for hydroxylation is 2. The van der Waals surface area contributed by atoms with Crippen LogP contribution < -0.4 is 10.6 Å². The van der Waals surface area contributed by atoms with Crippen molar-refractivity contribution in [3.63, 3.8) is 0 Å². The lowest BCUT2D eigenvalue weighted by Crippen LogP contribution is -2.59. The van der Waals surface area contributed by atoms with Gasteiger partial charge >= 0.3 is 12.1 Å². The average Bonchev–Trinajstić information content (AvgIpc) is 2.80. The lowest BCUT2D eigenvalue weighted by molar-refractivity contribution is -0.150. The number of esters is 1. The molecule has 0 fully saturated rings. The fourth-order valence-electron chi connectivity index (χ4n) is 3.97. The number of hydrogen-bond donors (Lipinski definition) is 2. The monoisotopic (exact) mass is 551 g/mol. The van der Waals surface area contributed by atoms with Crippen LogP contribution in [-0.4, -0.2) is 71.6 Å². The summed E-state index contributed by atoms with van der Waals surface area (Å²) >= 11 is 1.55. The van der Waals surface area contributed by atoms with E-state index in [4.69, 9.17) is 4.74 Å². The summed E-state index contributed by atoms with van der Waals surface area (Å²) in [5, 5.41) is 5.37. The molecule has 0 aliphatic heterocycles. The van der Waals surface area contributed by atoms with Gasteiger partial charge < -0.3 is 25.0 Å². The highest BCUT2D eigenvalue weighted by atomic mass is 32.2. The minimum atomic E-state index is -1.06. The van der Waals surface area contributed by atoms with Gasteiger partial charge in [-0.2, -0.15) is 11.8 Å². The summed E-state index contributed by atoms with van der Waals surface area (Å²) in [6.07, 6.45) is 2.09. The van der Waals surface area contributed by atoms with Gasteiger partial charge in [-0.15, -0.1) is 0 Å². The van der Waals surface area contributed by atoms with Crippen molar-refractivity contribution in [2.45, 2.75) is 91.5 Å². The van der Waals surface area contributed by atoms with Crippen molar-refractivity contribution in [3.05, 3.63) is 34.9 Å². The second-order valence-corrected chi connectivity index (χ2v) is 12.0. The number of nitrogens with one attached hydrogen (secondary N) is 2. The third-order valence-electron chi connectivity index (χ3n) is 6.06. The molecule has 0 spiro atoms. The van der Waals surface area contributed by atoms with Crippen molar-refractivity contribution in [1.82, 2.24) is 15.5 Å². The van der Waals surface area contributed by atoms with Crippen molar-refractivity contribution in [3.8, 4) is 0 Å².